The Balaban J connectivity index is 1.46. The van der Waals surface area contributed by atoms with Crippen molar-refractivity contribution in [3.05, 3.63) is 75.7 Å². The van der Waals surface area contributed by atoms with Gasteiger partial charge < -0.3 is 10.2 Å². The van der Waals surface area contributed by atoms with Crippen molar-refractivity contribution in [2.75, 3.05) is 23.3 Å². The Morgan fingerprint density at radius 2 is 1.86 bits per heavy atom. The van der Waals surface area contributed by atoms with Gasteiger partial charge in [0.15, 0.2) is 0 Å². The van der Waals surface area contributed by atoms with Gasteiger partial charge in [-0.3, -0.25) is 4.79 Å². The number of para-hydroxylation sites is 1. The normalized spacial score (nSPS) is 18.0. The van der Waals surface area contributed by atoms with Gasteiger partial charge in [0.1, 0.15) is 5.00 Å². The second kappa shape index (κ2) is 10.2. The first-order valence-corrected chi connectivity index (χ1v) is 14.0. The number of benzene rings is 2. The fourth-order valence-electron chi connectivity index (χ4n) is 5.46. The maximum atomic E-state index is 13.5. The van der Waals surface area contributed by atoms with Gasteiger partial charge in [0.25, 0.3) is 5.91 Å². The number of thiophene rings is 1. The molecule has 1 N–H and O–H groups in total. The van der Waals surface area contributed by atoms with E-state index in [-0.39, 0.29) is 11.3 Å². The van der Waals surface area contributed by atoms with Crippen LogP contribution in [0.2, 0.25) is 0 Å². The van der Waals surface area contributed by atoms with Crippen LogP contribution < -0.4 is 10.2 Å². The van der Waals surface area contributed by atoms with E-state index in [4.69, 9.17) is 4.99 Å². The van der Waals surface area contributed by atoms with Crippen LogP contribution in [0, 0.1) is 18.3 Å². The summed E-state index contributed by atoms with van der Waals surface area (Å²) in [7, 11) is 0. The van der Waals surface area contributed by atoms with E-state index in [2.05, 4.69) is 56.1 Å². The van der Waals surface area contributed by atoms with Crippen LogP contribution in [0.25, 0.3) is 0 Å². The topological polar surface area (TPSA) is 44.7 Å². The smallest absolute Gasteiger partial charge is 0.259 e. The Hall–Kier alpha value is -2.92. The highest BCUT2D eigenvalue weighted by atomic mass is 32.1. The van der Waals surface area contributed by atoms with Crippen molar-refractivity contribution in [2.24, 2.45) is 16.3 Å². The summed E-state index contributed by atoms with van der Waals surface area (Å²) >= 11 is 1.70. The molecule has 2 aromatic carbocycles. The van der Waals surface area contributed by atoms with Crippen LogP contribution in [0.4, 0.5) is 16.4 Å². The lowest BCUT2D eigenvalue weighted by Crippen LogP contribution is -2.27. The van der Waals surface area contributed by atoms with Crippen molar-refractivity contribution in [2.45, 2.75) is 59.8 Å². The molecule has 1 amide bonds. The standard InChI is InChI=1S/C31H37N3OS/c1-21-18-25(34-16-8-9-17-34)14-12-22(21)20-32-30-28(29(35)33-24-10-6-5-7-11-24)26-15-13-23(31(2,3)4)19-27(26)36-30/h5-7,10-12,14,18,20,23H,8-9,13,15-17,19H2,1-4H3,(H,33,35)/t23-/m0/s1. The molecule has 36 heavy (non-hydrogen) atoms. The predicted molar refractivity (Wildman–Crippen MR) is 154 cm³/mol. The SMILES string of the molecule is Cc1cc(N2CCCC2)ccc1C=Nc1sc2c(c1C(=O)Nc1ccccc1)CC[C@H](C(C)(C)C)C2. The number of rotatable bonds is 5. The highest BCUT2D eigenvalue weighted by Gasteiger charge is 2.33. The monoisotopic (exact) mass is 499 g/mol. The summed E-state index contributed by atoms with van der Waals surface area (Å²) in [6.45, 7) is 11.4. The Kier molecular flexibility index (Phi) is 7.03. The van der Waals surface area contributed by atoms with Crippen molar-refractivity contribution < 1.29 is 4.79 Å². The van der Waals surface area contributed by atoms with E-state index in [0.717, 1.165) is 54.2 Å². The minimum Gasteiger partial charge on any atom is -0.372 e. The highest BCUT2D eigenvalue weighted by Crippen LogP contribution is 2.45. The minimum atomic E-state index is -0.0545. The van der Waals surface area contributed by atoms with Crippen LogP contribution in [0.1, 0.15) is 72.0 Å². The van der Waals surface area contributed by atoms with Gasteiger partial charge in [-0.05, 0) is 91.3 Å². The number of nitrogens with zero attached hydrogens (tertiary/aromatic N) is 2. The molecule has 3 aromatic rings. The minimum absolute atomic E-state index is 0.0545. The zero-order chi connectivity index (χ0) is 25.3. The molecule has 1 aromatic heterocycles. The van der Waals surface area contributed by atoms with E-state index in [1.165, 1.54) is 34.5 Å². The first kappa shape index (κ1) is 24.8. The summed E-state index contributed by atoms with van der Waals surface area (Å²) in [6, 6.07) is 16.3. The summed E-state index contributed by atoms with van der Waals surface area (Å²) in [5.74, 6) is 0.562. The molecule has 1 aliphatic carbocycles. The number of carbonyl (C=O) groups is 1. The van der Waals surface area contributed by atoms with Gasteiger partial charge in [-0.2, -0.15) is 0 Å². The molecule has 0 saturated carbocycles. The number of aliphatic imine (C=N–C) groups is 1. The summed E-state index contributed by atoms with van der Waals surface area (Å²) in [5.41, 5.74) is 6.64. The van der Waals surface area contributed by atoms with Crippen LogP contribution in [0.3, 0.4) is 0 Å². The third-order valence-corrected chi connectivity index (χ3v) is 8.94. The van der Waals surface area contributed by atoms with Crippen LogP contribution in [-0.4, -0.2) is 25.2 Å². The third-order valence-electron chi connectivity index (χ3n) is 7.78. The van der Waals surface area contributed by atoms with Gasteiger partial charge in [-0.15, -0.1) is 11.3 Å². The molecule has 0 spiro atoms. The van der Waals surface area contributed by atoms with Crippen molar-refractivity contribution in [3.8, 4) is 0 Å². The number of carbonyl (C=O) groups excluding carboxylic acids is 1. The molecule has 188 valence electrons. The van der Waals surface area contributed by atoms with Gasteiger partial charge in [0.2, 0.25) is 0 Å². The molecule has 4 nitrogen and oxygen atoms in total. The van der Waals surface area contributed by atoms with Crippen LogP contribution in [0.5, 0.6) is 0 Å². The number of amides is 1. The molecule has 0 bridgehead atoms. The lowest BCUT2D eigenvalue weighted by atomic mass is 9.72. The molecule has 1 atom stereocenters. The molecular formula is C31H37N3OS. The highest BCUT2D eigenvalue weighted by molar-refractivity contribution is 7.16. The molecule has 1 saturated heterocycles. The molecule has 2 aliphatic rings. The second-order valence-electron chi connectivity index (χ2n) is 11.3. The number of fused-ring (bicyclic) bond motifs is 1. The van der Waals surface area contributed by atoms with E-state index in [9.17, 15) is 4.79 Å². The predicted octanol–water partition coefficient (Wildman–Crippen LogP) is 7.81. The average Bonchev–Trinajstić information content (AvgIpc) is 3.51. The quantitative estimate of drug-likeness (QED) is 0.364. The zero-order valence-corrected chi connectivity index (χ0v) is 22.8. The second-order valence-corrected chi connectivity index (χ2v) is 12.4. The average molecular weight is 500 g/mol. The molecule has 5 rings (SSSR count). The molecular weight excluding hydrogens is 462 g/mol. The Morgan fingerprint density at radius 3 is 2.56 bits per heavy atom. The van der Waals surface area contributed by atoms with Gasteiger partial charge in [0, 0.05) is 35.6 Å². The molecule has 5 heteroatoms. The van der Waals surface area contributed by atoms with Crippen molar-refractivity contribution in [3.63, 3.8) is 0 Å². The largest absolute Gasteiger partial charge is 0.372 e. The van der Waals surface area contributed by atoms with E-state index < -0.39 is 0 Å². The number of nitrogens with one attached hydrogen (secondary N) is 1. The third kappa shape index (κ3) is 5.27. The molecule has 1 fully saturated rings. The number of aryl methyl sites for hydroxylation is 1. The van der Waals surface area contributed by atoms with E-state index in [0.29, 0.717) is 5.92 Å². The van der Waals surface area contributed by atoms with Crippen LogP contribution in [-0.2, 0) is 12.8 Å². The van der Waals surface area contributed by atoms with Crippen molar-refractivity contribution >= 4 is 39.8 Å². The maximum Gasteiger partial charge on any atom is 0.259 e. The first-order valence-electron chi connectivity index (χ1n) is 13.2. The number of hydrogen-bond donors (Lipinski definition) is 1. The maximum absolute atomic E-state index is 13.5. The molecule has 0 unspecified atom stereocenters. The molecule has 0 radical (unpaired) electrons. The molecule has 1 aliphatic heterocycles. The van der Waals surface area contributed by atoms with Gasteiger partial charge in [-0.25, -0.2) is 4.99 Å². The number of anilines is 2. The van der Waals surface area contributed by atoms with Crippen molar-refractivity contribution in [1.29, 1.82) is 0 Å². The van der Waals surface area contributed by atoms with E-state index in [1.807, 2.05) is 36.5 Å². The van der Waals surface area contributed by atoms with Gasteiger partial charge in [0.05, 0.1) is 5.56 Å². The fraction of sp³-hybridized carbons (Fsp3) is 0.419. The van der Waals surface area contributed by atoms with E-state index >= 15 is 0 Å². The zero-order valence-electron chi connectivity index (χ0n) is 21.9. The van der Waals surface area contributed by atoms with Crippen LogP contribution in [0.15, 0.2) is 53.5 Å². The van der Waals surface area contributed by atoms with Crippen LogP contribution >= 0.6 is 11.3 Å². The van der Waals surface area contributed by atoms with Gasteiger partial charge >= 0.3 is 0 Å². The van der Waals surface area contributed by atoms with Crippen molar-refractivity contribution in [1.82, 2.24) is 0 Å². The first-order chi connectivity index (χ1) is 17.3. The number of hydrogen-bond acceptors (Lipinski definition) is 4. The summed E-state index contributed by atoms with van der Waals surface area (Å²) in [4.78, 5) is 22.3. The van der Waals surface area contributed by atoms with E-state index in [1.54, 1.807) is 11.3 Å². The molecule has 2 heterocycles. The summed E-state index contributed by atoms with van der Waals surface area (Å²) < 4.78 is 0. The lowest BCUT2D eigenvalue weighted by molar-refractivity contribution is 0.102. The Bertz CT molecular complexity index is 1260. The summed E-state index contributed by atoms with van der Waals surface area (Å²) in [6.07, 6.45) is 7.56. The fourth-order valence-corrected chi connectivity index (χ4v) is 6.72. The Labute approximate surface area is 219 Å². The lowest BCUT2D eigenvalue weighted by Gasteiger charge is -2.33. The summed E-state index contributed by atoms with van der Waals surface area (Å²) in [5, 5.41) is 3.94. The Morgan fingerprint density at radius 1 is 1.11 bits per heavy atom. The van der Waals surface area contributed by atoms with Gasteiger partial charge in [-0.1, -0.05) is 45.0 Å².